The molecular formula is C10H11ClN6O. The fourth-order valence-corrected chi connectivity index (χ4v) is 1.47. The molecule has 0 spiro atoms. The van der Waals surface area contributed by atoms with E-state index in [1.807, 2.05) is 0 Å². The van der Waals surface area contributed by atoms with Crippen molar-refractivity contribution in [2.45, 2.75) is 13.1 Å². The average molecular weight is 267 g/mol. The number of rotatable bonds is 4. The molecule has 0 atom stereocenters. The first-order valence-electron chi connectivity index (χ1n) is 5.17. The highest BCUT2D eigenvalue weighted by Gasteiger charge is 2.08. The molecule has 0 unspecified atom stereocenters. The molecule has 0 aromatic carbocycles. The summed E-state index contributed by atoms with van der Waals surface area (Å²) in [5.41, 5.74) is 6.48. The lowest BCUT2D eigenvalue weighted by Crippen LogP contribution is -2.19. The molecule has 0 aliphatic rings. The number of carbonyl (C=O) groups is 1. The Morgan fingerprint density at radius 3 is 3.06 bits per heavy atom. The number of carbonyl (C=O) groups excluding carboxylic acids is 1. The summed E-state index contributed by atoms with van der Waals surface area (Å²) >= 11 is 5.89. The Balaban J connectivity index is 1.99. The molecule has 2 heterocycles. The SMILES string of the molecule is NCc1cn(CC(=O)Nc2cnccc2Cl)nn1. The van der Waals surface area contributed by atoms with Gasteiger partial charge in [0.15, 0.2) is 0 Å². The fourth-order valence-electron chi connectivity index (χ4n) is 1.32. The highest BCUT2D eigenvalue weighted by molar-refractivity contribution is 6.33. The van der Waals surface area contributed by atoms with Crippen LogP contribution >= 0.6 is 11.6 Å². The Labute approximate surface area is 108 Å². The van der Waals surface area contributed by atoms with Crippen LogP contribution < -0.4 is 11.1 Å². The zero-order valence-electron chi connectivity index (χ0n) is 9.38. The van der Waals surface area contributed by atoms with Crippen molar-refractivity contribution in [3.63, 3.8) is 0 Å². The van der Waals surface area contributed by atoms with Crippen molar-refractivity contribution in [3.05, 3.63) is 35.4 Å². The largest absolute Gasteiger partial charge is 0.325 e. The molecule has 0 bridgehead atoms. The van der Waals surface area contributed by atoms with Gasteiger partial charge in [0.1, 0.15) is 6.54 Å². The molecule has 0 saturated heterocycles. The van der Waals surface area contributed by atoms with Gasteiger partial charge in [-0.3, -0.25) is 9.78 Å². The Bertz CT molecular complexity index is 555. The third-order valence-corrected chi connectivity index (χ3v) is 2.47. The summed E-state index contributed by atoms with van der Waals surface area (Å²) in [4.78, 5) is 15.6. The number of hydrogen-bond donors (Lipinski definition) is 2. The number of halogens is 1. The molecule has 0 saturated carbocycles. The molecule has 0 aliphatic carbocycles. The monoisotopic (exact) mass is 266 g/mol. The van der Waals surface area contributed by atoms with Crippen LogP contribution in [0.2, 0.25) is 5.02 Å². The van der Waals surface area contributed by atoms with Crippen LogP contribution in [0.25, 0.3) is 0 Å². The summed E-state index contributed by atoms with van der Waals surface area (Å²) in [7, 11) is 0. The molecule has 1 amide bonds. The molecule has 2 rings (SSSR count). The van der Waals surface area contributed by atoms with Crippen LogP contribution in [0.1, 0.15) is 5.69 Å². The van der Waals surface area contributed by atoms with Gasteiger partial charge in [0.2, 0.25) is 5.91 Å². The van der Waals surface area contributed by atoms with Crippen LogP contribution in [-0.4, -0.2) is 25.9 Å². The fraction of sp³-hybridized carbons (Fsp3) is 0.200. The summed E-state index contributed by atoms with van der Waals surface area (Å²) in [5.74, 6) is -0.265. The van der Waals surface area contributed by atoms with Crippen LogP contribution in [0.5, 0.6) is 0 Å². The smallest absolute Gasteiger partial charge is 0.246 e. The van der Waals surface area contributed by atoms with E-state index < -0.39 is 0 Å². The number of aromatic nitrogens is 4. The first-order valence-corrected chi connectivity index (χ1v) is 5.55. The molecule has 0 aliphatic heterocycles. The van der Waals surface area contributed by atoms with E-state index in [1.165, 1.54) is 10.9 Å². The lowest BCUT2D eigenvalue weighted by atomic mass is 10.4. The van der Waals surface area contributed by atoms with Gasteiger partial charge < -0.3 is 11.1 Å². The number of pyridine rings is 1. The van der Waals surface area contributed by atoms with Crippen LogP contribution in [-0.2, 0) is 17.9 Å². The molecule has 18 heavy (non-hydrogen) atoms. The Hall–Kier alpha value is -1.99. The first-order chi connectivity index (χ1) is 8.69. The zero-order chi connectivity index (χ0) is 13.0. The number of amides is 1. The Morgan fingerprint density at radius 2 is 2.39 bits per heavy atom. The average Bonchev–Trinajstić information content (AvgIpc) is 2.80. The van der Waals surface area contributed by atoms with Gasteiger partial charge in [0.05, 0.1) is 28.8 Å². The van der Waals surface area contributed by atoms with Gasteiger partial charge in [-0.1, -0.05) is 16.8 Å². The number of hydrogen-bond acceptors (Lipinski definition) is 5. The van der Waals surface area contributed by atoms with Crippen molar-refractivity contribution in [2.75, 3.05) is 5.32 Å². The van der Waals surface area contributed by atoms with E-state index in [0.717, 1.165) is 0 Å². The predicted molar refractivity (Wildman–Crippen MR) is 65.8 cm³/mol. The van der Waals surface area contributed by atoms with Crippen molar-refractivity contribution in [1.29, 1.82) is 0 Å². The Kier molecular flexibility index (Phi) is 3.85. The topological polar surface area (TPSA) is 98.7 Å². The molecule has 2 aromatic rings. The summed E-state index contributed by atoms with van der Waals surface area (Å²) < 4.78 is 1.40. The maximum atomic E-state index is 11.7. The van der Waals surface area contributed by atoms with Crippen molar-refractivity contribution >= 4 is 23.2 Å². The predicted octanol–water partition coefficient (Wildman–Crippen LogP) is 0.424. The second-order valence-electron chi connectivity index (χ2n) is 3.52. The van der Waals surface area contributed by atoms with Gasteiger partial charge in [0.25, 0.3) is 0 Å². The quantitative estimate of drug-likeness (QED) is 0.836. The van der Waals surface area contributed by atoms with Gasteiger partial charge in [-0.15, -0.1) is 5.10 Å². The van der Waals surface area contributed by atoms with Gasteiger partial charge in [0, 0.05) is 12.7 Å². The van der Waals surface area contributed by atoms with Crippen molar-refractivity contribution in [3.8, 4) is 0 Å². The molecule has 0 fully saturated rings. The molecule has 2 aromatic heterocycles. The number of nitrogens with two attached hydrogens (primary N) is 1. The molecule has 94 valence electrons. The normalized spacial score (nSPS) is 10.3. The van der Waals surface area contributed by atoms with Crippen LogP contribution in [0, 0.1) is 0 Å². The summed E-state index contributed by atoms with van der Waals surface area (Å²) in [6.45, 7) is 0.328. The van der Waals surface area contributed by atoms with Crippen LogP contribution in [0.3, 0.4) is 0 Å². The number of nitrogens with zero attached hydrogens (tertiary/aromatic N) is 4. The second-order valence-corrected chi connectivity index (χ2v) is 3.92. The molecule has 0 radical (unpaired) electrons. The van der Waals surface area contributed by atoms with E-state index in [2.05, 4.69) is 20.6 Å². The highest BCUT2D eigenvalue weighted by atomic mass is 35.5. The third kappa shape index (κ3) is 3.02. The van der Waals surface area contributed by atoms with Crippen molar-refractivity contribution in [2.24, 2.45) is 5.73 Å². The van der Waals surface area contributed by atoms with E-state index in [4.69, 9.17) is 17.3 Å². The first kappa shape index (κ1) is 12.5. The van der Waals surface area contributed by atoms with Gasteiger partial charge >= 0.3 is 0 Å². The minimum atomic E-state index is -0.265. The van der Waals surface area contributed by atoms with E-state index in [-0.39, 0.29) is 19.0 Å². The zero-order valence-corrected chi connectivity index (χ0v) is 10.1. The highest BCUT2D eigenvalue weighted by Crippen LogP contribution is 2.18. The third-order valence-electron chi connectivity index (χ3n) is 2.14. The molecule has 8 heteroatoms. The van der Waals surface area contributed by atoms with Crippen molar-refractivity contribution < 1.29 is 4.79 Å². The van der Waals surface area contributed by atoms with E-state index in [9.17, 15) is 4.79 Å². The lowest BCUT2D eigenvalue weighted by molar-refractivity contribution is -0.116. The van der Waals surface area contributed by atoms with Crippen molar-refractivity contribution in [1.82, 2.24) is 20.0 Å². The standard InChI is InChI=1S/C10H11ClN6O/c11-8-1-2-13-4-9(8)14-10(18)6-17-5-7(3-12)15-16-17/h1-2,4-5H,3,6,12H2,(H,14,18). The van der Waals surface area contributed by atoms with Gasteiger partial charge in [-0.2, -0.15) is 0 Å². The Morgan fingerprint density at radius 1 is 1.56 bits per heavy atom. The summed E-state index contributed by atoms with van der Waals surface area (Å²) in [6.07, 6.45) is 4.64. The molecule has 7 nitrogen and oxygen atoms in total. The molecular weight excluding hydrogens is 256 g/mol. The van der Waals surface area contributed by atoms with E-state index in [1.54, 1.807) is 18.5 Å². The van der Waals surface area contributed by atoms with Crippen LogP contribution in [0.15, 0.2) is 24.7 Å². The van der Waals surface area contributed by atoms with E-state index in [0.29, 0.717) is 16.4 Å². The molecule has 3 N–H and O–H groups in total. The number of nitrogens with one attached hydrogen (secondary N) is 1. The lowest BCUT2D eigenvalue weighted by Gasteiger charge is -2.05. The van der Waals surface area contributed by atoms with Gasteiger partial charge in [-0.25, -0.2) is 4.68 Å². The van der Waals surface area contributed by atoms with E-state index >= 15 is 0 Å². The second kappa shape index (κ2) is 5.56. The maximum absolute atomic E-state index is 11.7. The number of anilines is 1. The van der Waals surface area contributed by atoms with Crippen LogP contribution in [0.4, 0.5) is 5.69 Å². The summed E-state index contributed by atoms with van der Waals surface area (Å²) in [5, 5.41) is 10.6. The summed E-state index contributed by atoms with van der Waals surface area (Å²) in [6, 6.07) is 1.60. The minimum Gasteiger partial charge on any atom is -0.325 e. The van der Waals surface area contributed by atoms with Gasteiger partial charge in [-0.05, 0) is 6.07 Å². The maximum Gasteiger partial charge on any atom is 0.246 e. The minimum absolute atomic E-state index is 0.0399.